The molecule has 4 aromatic carbocycles. The van der Waals surface area contributed by atoms with Crippen molar-refractivity contribution in [2.75, 3.05) is 13.1 Å². The van der Waals surface area contributed by atoms with Crippen molar-refractivity contribution in [1.82, 2.24) is 4.90 Å². The highest BCUT2D eigenvalue weighted by molar-refractivity contribution is 9.10. The van der Waals surface area contributed by atoms with E-state index < -0.39 is 0 Å². The minimum atomic E-state index is 0.0513. The van der Waals surface area contributed by atoms with Crippen molar-refractivity contribution in [3.8, 4) is 0 Å². The lowest BCUT2D eigenvalue weighted by molar-refractivity contribution is 0.0757. The van der Waals surface area contributed by atoms with Gasteiger partial charge in [0.25, 0.3) is 0 Å². The van der Waals surface area contributed by atoms with E-state index in [1.807, 2.05) is 36.4 Å². The van der Waals surface area contributed by atoms with Crippen LogP contribution in [0.4, 0.5) is 0 Å². The van der Waals surface area contributed by atoms with Gasteiger partial charge in [0.2, 0.25) is 0 Å². The quantitative estimate of drug-likeness (QED) is 0.245. The maximum Gasteiger partial charge on any atom is 0.167 e. The fourth-order valence-corrected chi connectivity index (χ4v) is 6.47. The largest absolute Gasteiger partial charge is 0.392 e. The lowest BCUT2D eigenvalue weighted by Gasteiger charge is -2.36. The van der Waals surface area contributed by atoms with Crippen molar-refractivity contribution in [3.05, 3.63) is 94.0 Å². The zero-order valence-electron chi connectivity index (χ0n) is 22.3. The normalized spacial score (nSPS) is 18.4. The molecule has 4 aromatic rings. The number of nitrogens with zero attached hydrogens (tertiary/aromatic N) is 1. The minimum Gasteiger partial charge on any atom is -0.392 e. The first-order chi connectivity index (χ1) is 18.5. The van der Waals surface area contributed by atoms with Gasteiger partial charge in [-0.3, -0.25) is 9.69 Å². The molecule has 198 valence electrons. The minimum absolute atomic E-state index is 0.0513. The Balaban J connectivity index is 0.000000190. The molecule has 6 rings (SSSR count). The topological polar surface area (TPSA) is 40.5 Å². The Morgan fingerprint density at radius 3 is 2.18 bits per heavy atom. The fraction of sp³-hybridized carbons (Fsp3) is 0.382. The second-order valence-corrected chi connectivity index (χ2v) is 11.8. The molecule has 38 heavy (non-hydrogen) atoms. The van der Waals surface area contributed by atoms with Crippen LogP contribution in [0.2, 0.25) is 0 Å². The number of benzene rings is 4. The van der Waals surface area contributed by atoms with Crippen LogP contribution in [-0.4, -0.2) is 34.9 Å². The highest BCUT2D eigenvalue weighted by Gasteiger charge is 2.31. The summed E-state index contributed by atoms with van der Waals surface area (Å²) in [6.45, 7) is 4.33. The molecule has 2 aliphatic rings. The third-order valence-electron chi connectivity index (χ3n) is 8.31. The zero-order chi connectivity index (χ0) is 26.5. The second kappa shape index (κ2) is 12.5. The summed E-state index contributed by atoms with van der Waals surface area (Å²) in [5, 5.41) is 14.0. The Labute approximate surface area is 235 Å². The Hall–Kier alpha value is -2.53. The van der Waals surface area contributed by atoms with Crippen LogP contribution < -0.4 is 0 Å². The van der Waals surface area contributed by atoms with Gasteiger partial charge in [0.05, 0.1) is 6.61 Å². The number of aryl methyl sites for hydroxylation is 1. The lowest BCUT2D eigenvalue weighted by Crippen LogP contribution is -2.43. The van der Waals surface area contributed by atoms with Crippen LogP contribution in [-0.2, 0) is 13.0 Å². The van der Waals surface area contributed by atoms with E-state index in [9.17, 15) is 9.90 Å². The molecule has 1 unspecified atom stereocenters. The summed E-state index contributed by atoms with van der Waals surface area (Å²) in [7, 11) is 0. The van der Waals surface area contributed by atoms with Crippen molar-refractivity contribution in [2.45, 2.75) is 64.5 Å². The smallest absolute Gasteiger partial charge is 0.167 e. The molecular formula is C34H38BrNO2. The molecule has 0 amide bonds. The number of rotatable bonds is 5. The molecule has 1 atom stereocenters. The molecule has 0 spiro atoms. The Morgan fingerprint density at radius 2 is 1.45 bits per heavy atom. The molecule has 1 heterocycles. The van der Waals surface area contributed by atoms with E-state index in [0.29, 0.717) is 11.8 Å². The van der Waals surface area contributed by atoms with Gasteiger partial charge >= 0.3 is 0 Å². The van der Waals surface area contributed by atoms with Gasteiger partial charge in [0, 0.05) is 28.5 Å². The average molecular weight is 573 g/mol. The van der Waals surface area contributed by atoms with E-state index in [0.717, 1.165) is 58.7 Å². The van der Waals surface area contributed by atoms with Crippen molar-refractivity contribution in [3.63, 3.8) is 0 Å². The summed E-state index contributed by atoms with van der Waals surface area (Å²) in [6, 6.07) is 25.6. The van der Waals surface area contributed by atoms with Gasteiger partial charge in [-0.2, -0.15) is 0 Å². The Bertz CT molecular complexity index is 1410. The number of ketones is 1. The SMILES string of the molecule is CCc1ccc2cc(Br)ccc2c1.O=C(c1ccc2cc(CO)ccc2c1)C1CCCN(C2CCCC2)C1. The number of carbonyl (C=O) groups is 1. The van der Waals surface area contributed by atoms with E-state index in [2.05, 4.69) is 64.2 Å². The number of aliphatic hydroxyl groups is 1. The van der Waals surface area contributed by atoms with Crippen LogP contribution >= 0.6 is 15.9 Å². The fourth-order valence-electron chi connectivity index (χ4n) is 6.09. The highest BCUT2D eigenvalue weighted by Crippen LogP contribution is 2.30. The summed E-state index contributed by atoms with van der Waals surface area (Å²) < 4.78 is 1.14. The van der Waals surface area contributed by atoms with Gasteiger partial charge in [0.1, 0.15) is 0 Å². The van der Waals surface area contributed by atoms with Crippen LogP contribution in [0, 0.1) is 5.92 Å². The van der Waals surface area contributed by atoms with Gasteiger partial charge in [-0.25, -0.2) is 0 Å². The maximum absolute atomic E-state index is 13.1. The number of hydrogen-bond donors (Lipinski definition) is 1. The van der Waals surface area contributed by atoms with Gasteiger partial charge < -0.3 is 5.11 Å². The average Bonchev–Trinajstić information content (AvgIpc) is 3.52. The monoisotopic (exact) mass is 571 g/mol. The van der Waals surface area contributed by atoms with Gasteiger partial charge in [-0.05, 0) is 95.6 Å². The number of aliphatic hydroxyl groups excluding tert-OH is 1. The molecule has 0 aromatic heterocycles. The third kappa shape index (κ3) is 6.36. The summed E-state index contributed by atoms with van der Waals surface area (Å²) >= 11 is 3.47. The summed E-state index contributed by atoms with van der Waals surface area (Å²) in [5.74, 6) is 0.444. The second-order valence-electron chi connectivity index (χ2n) is 10.9. The first-order valence-corrected chi connectivity index (χ1v) is 14.9. The van der Waals surface area contributed by atoms with Gasteiger partial charge in [-0.1, -0.05) is 84.2 Å². The number of fused-ring (bicyclic) bond motifs is 2. The maximum atomic E-state index is 13.1. The standard InChI is InChI=1S/C22H27NO2.C12H11Br/c24-15-16-7-8-18-13-19(10-9-17(18)12-16)22(25)20-4-3-11-23(14-20)21-5-1-2-6-21;1-2-9-3-4-11-8-12(13)6-5-10(11)7-9/h7-10,12-13,20-21,24H,1-6,11,14-15H2;3-8H,2H2,1H3. The summed E-state index contributed by atoms with van der Waals surface area (Å²) in [5.41, 5.74) is 3.14. The molecular weight excluding hydrogens is 534 g/mol. The number of Topliss-reactive ketones (excluding diaryl/α,β-unsaturated/α-hetero) is 1. The van der Waals surface area contributed by atoms with Crippen LogP contribution in [0.25, 0.3) is 21.5 Å². The molecule has 3 nitrogen and oxygen atoms in total. The van der Waals surface area contributed by atoms with Gasteiger partial charge in [-0.15, -0.1) is 0 Å². The molecule has 1 aliphatic heterocycles. The molecule has 1 N–H and O–H groups in total. The lowest BCUT2D eigenvalue weighted by atomic mass is 9.88. The number of likely N-dealkylation sites (tertiary alicyclic amines) is 1. The van der Waals surface area contributed by atoms with E-state index in [4.69, 9.17) is 0 Å². The summed E-state index contributed by atoms with van der Waals surface area (Å²) in [6.07, 6.45) is 8.57. The van der Waals surface area contributed by atoms with Crippen molar-refractivity contribution in [1.29, 1.82) is 0 Å². The van der Waals surface area contributed by atoms with Crippen molar-refractivity contribution >= 4 is 43.3 Å². The predicted molar refractivity (Wildman–Crippen MR) is 162 cm³/mol. The van der Waals surface area contributed by atoms with E-state index in [1.165, 1.54) is 42.0 Å². The molecule has 1 saturated heterocycles. The number of hydrogen-bond acceptors (Lipinski definition) is 3. The van der Waals surface area contributed by atoms with E-state index in [-0.39, 0.29) is 12.5 Å². The Kier molecular flexibility index (Phi) is 8.93. The van der Waals surface area contributed by atoms with Crippen molar-refractivity contribution < 1.29 is 9.90 Å². The van der Waals surface area contributed by atoms with Gasteiger partial charge in [0.15, 0.2) is 5.78 Å². The van der Waals surface area contributed by atoms with Crippen LogP contribution in [0.15, 0.2) is 77.3 Å². The number of piperidine rings is 1. The van der Waals surface area contributed by atoms with Crippen LogP contribution in [0.5, 0.6) is 0 Å². The number of halogens is 1. The highest BCUT2D eigenvalue weighted by atomic mass is 79.9. The van der Waals surface area contributed by atoms with Crippen LogP contribution in [0.3, 0.4) is 0 Å². The molecule has 1 aliphatic carbocycles. The number of carbonyl (C=O) groups excluding carboxylic acids is 1. The predicted octanol–water partition coefficient (Wildman–Crippen LogP) is 8.33. The first kappa shape index (κ1) is 27.1. The summed E-state index contributed by atoms with van der Waals surface area (Å²) in [4.78, 5) is 15.6. The molecule has 2 fully saturated rings. The van der Waals surface area contributed by atoms with E-state index in [1.54, 1.807) is 0 Å². The van der Waals surface area contributed by atoms with Crippen LogP contribution in [0.1, 0.15) is 66.9 Å². The molecule has 0 bridgehead atoms. The van der Waals surface area contributed by atoms with E-state index >= 15 is 0 Å². The Morgan fingerprint density at radius 1 is 0.816 bits per heavy atom. The molecule has 0 radical (unpaired) electrons. The first-order valence-electron chi connectivity index (χ1n) is 14.1. The van der Waals surface area contributed by atoms with Crippen molar-refractivity contribution in [2.24, 2.45) is 5.92 Å². The molecule has 1 saturated carbocycles. The third-order valence-corrected chi connectivity index (χ3v) is 8.80. The molecule has 4 heteroatoms. The zero-order valence-corrected chi connectivity index (χ0v) is 23.9.